The van der Waals surface area contributed by atoms with Crippen molar-refractivity contribution in [1.82, 2.24) is 10.2 Å². The van der Waals surface area contributed by atoms with Gasteiger partial charge in [-0.05, 0) is 26.7 Å². The predicted molar refractivity (Wildman–Crippen MR) is 66.3 cm³/mol. The number of nitrogens with two attached hydrogens (primary N) is 1. The Hall–Kier alpha value is -1.10. The second-order valence-corrected chi connectivity index (χ2v) is 5.01. The van der Waals surface area contributed by atoms with E-state index in [0.717, 1.165) is 19.3 Å². The summed E-state index contributed by atoms with van der Waals surface area (Å²) in [6, 6.07) is -0.0958. The van der Waals surface area contributed by atoms with Crippen molar-refractivity contribution in [3.63, 3.8) is 0 Å². The third-order valence-electron chi connectivity index (χ3n) is 3.85. The first-order valence-corrected chi connectivity index (χ1v) is 6.19. The average molecular weight is 241 g/mol. The molecule has 1 aliphatic carbocycles. The largest absolute Gasteiger partial charge is 0.347 e. The number of amides is 2. The van der Waals surface area contributed by atoms with Crippen LogP contribution in [0.5, 0.6) is 0 Å². The summed E-state index contributed by atoms with van der Waals surface area (Å²) in [5.41, 5.74) is 5.44. The summed E-state index contributed by atoms with van der Waals surface area (Å²) in [5, 5.41) is 2.70. The molecule has 98 valence electrons. The number of likely N-dealkylation sites (N-methyl/N-ethyl adjacent to an activating group) is 1. The fourth-order valence-electron chi connectivity index (χ4n) is 2.14. The third-order valence-corrected chi connectivity index (χ3v) is 3.85. The molecule has 1 saturated carbocycles. The molecule has 0 aromatic heterocycles. The molecule has 5 heteroatoms. The number of nitrogens with one attached hydrogen (secondary N) is 1. The molecule has 0 aromatic carbocycles. The molecule has 0 saturated heterocycles. The highest BCUT2D eigenvalue weighted by molar-refractivity contribution is 5.88. The van der Waals surface area contributed by atoms with Gasteiger partial charge in [0.2, 0.25) is 11.8 Å². The SMILES string of the molecule is CCN(C)C(=O)CNC(=O)C1(C)CCCC1N. The number of hydrogen-bond donors (Lipinski definition) is 2. The van der Waals surface area contributed by atoms with E-state index >= 15 is 0 Å². The normalized spacial score (nSPS) is 27.9. The van der Waals surface area contributed by atoms with Crippen molar-refractivity contribution < 1.29 is 9.59 Å². The van der Waals surface area contributed by atoms with Gasteiger partial charge in [0.25, 0.3) is 0 Å². The molecule has 0 heterocycles. The Bertz CT molecular complexity index is 306. The fourth-order valence-corrected chi connectivity index (χ4v) is 2.14. The van der Waals surface area contributed by atoms with Gasteiger partial charge in [-0.25, -0.2) is 0 Å². The van der Waals surface area contributed by atoms with Crippen LogP contribution in [0.2, 0.25) is 0 Å². The van der Waals surface area contributed by atoms with Crippen LogP contribution >= 0.6 is 0 Å². The first-order chi connectivity index (χ1) is 7.91. The maximum atomic E-state index is 12.0. The average Bonchev–Trinajstić information content (AvgIpc) is 2.66. The summed E-state index contributed by atoms with van der Waals surface area (Å²) in [4.78, 5) is 25.2. The Balaban J connectivity index is 2.47. The van der Waals surface area contributed by atoms with Crippen LogP contribution in [-0.2, 0) is 9.59 Å². The lowest BCUT2D eigenvalue weighted by Gasteiger charge is -2.27. The summed E-state index contributed by atoms with van der Waals surface area (Å²) < 4.78 is 0. The van der Waals surface area contributed by atoms with E-state index in [1.165, 1.54) is 0 Å². The lowest BCUT2D eigenvalue weighted by molar-refractivity contribution is -0.135. The number of rotatable bonds is 4. The molecule has 17 heavy (non-hydrogen) atoms. The van der Waals surface area contributed by atoms with Crippen molar-refractivity contribution in [3.05, 3.63) is 0 Å². The first-order valence-electron chi connectivity index (χ1n) is 6.19. The molecule has 0 aliphatic heterocycles. The Morgan fingerprint density at radius 2 is 2.18 bits per heavy atom. The molecule has 2 amide bonds. The van der Waals surface area contributed by atoms with E-state index in [0.29, 0.717) is 6.54 Å². The van der Waals surface area contributed by atoms with Gasteiger partial charge in [-0.3, -0.25) is 9.59 Å². The molecule has 1 fully saturated rings. The van der Waals surface area contributed by atoms with Crippen LogP contribution in [0, 0.1) is 5.41 Å². The molecule has 2 unspecified atom stereocenters. The Labute approximate surface area is 103 Å². The van der Waals surface area contributed by atoms with Crippen LogP contribution in [0.4, 0.5) is 0 Å². The summed E-state index contributed by atoms with van der Waals surface area (Å²) in [7, 11) is 1.72. The standard InChI is InChI=1S/C12H23N3O2/c1-4-15(3)10(16)8-14-11(17)12(2)7-5-6-9(12)13/h9H,4-8,13H2,1-3H3,(H,14,17). The lowest BCUT2D eigenvalue weighted by atomic mass is 9.84. The highest BCUT2D eigenvalue weighted by Gasteiger charge is 2.42. The van der Waals surface area contributed by atoms with Gasteiger partial charge < -0.3 is 16.0 Å². The van der Waals surface area contributed by atoms with E-state index in [-0.39, 0.29) is 24.4 Å². The van der Waals surface area contributed by atoms with Crippen molar-refractivity contribution in [2.75, 3.05) is 20.1 Å². The zero-order valence-corrected chi connectivity index (χ0v) is 11.0. The second-order valence-electron chi connectivity index (χ2n) is 5.01. The van der Waals surface area contributed by atoms with Gasteiger partial charge >= 0.3 is 0 Å². The van der Waals surface area contributed by atoms with Crippen molar-refractivity contribution >= 4 is 11.8 Å². The van der Waals surface area contributed by atoms with Gasteiger partial charge in [-0.2, -0.15) is 0 Å². The van der Waals surface area contributed by atoms with E-state index in [1.54, 1.807) is 11.9 Å². The van der Waals surface area contributed by atoms with Gasteiger partial charge in [-0.1, -0.05) is 6.42 Å². The van der Waals surface area contributed by atoms with Crippen molar-refractivity contribution in [2.24, 2.45) is 11.1 Å². The second kappa shape index (κ2) is 5.49. The van der Waals surface area contributed by atoms with Crippen LogP contribution < -0.4 is 11.1 Å². The van der Waals surface area contributed by atoms with Crippen LogP contribution in [0.1, 0.15) is 33.1 Å². The van der Waals surface area contributed by atoms with Crippen LogP contribution in [-0.4, -0.2) is 42.9 Å². The summed E-state index contributed by atoms with van der Waals surface area (Å²) in [5.74, 6) is -0.170. The molecule has 3 N–H and O–H groups in total. The molecule has 1 aliphatic rings. The topological polar surface area (TPSA) is 75.4 Å². The number of hydrogen-bond acceptors (Lipinski definition) is 3. The maximum Gasteiger partial charge on any atom is 0.241 e. The van der Waals surface area contributed by atoms with Gasteiger partial charge in [-0.15, -0.1) is 0 Å². The molecule has 0 spiro atoms. The molecular weight excluding hydrogens is 218 g/mol. The summed E-state index contributed by atoms with van der Waals surface area (Å²) in [6.07, 6.45) is 2.67. The number of nitrogens with zero attached hydrogens (tertiary/aromatic N) is 1. The Morgan fingerprint density at radius 1 is 1.53 bits per heavy atom. The molecular formula is C12H23N3O2. The van der Waals surface area contributed by atoms with Crippen molar-refractivity contribution in [1.29, 1.82) is 0 Å². The summed E-state index contributed by atoms with van der Waals surface area (Å²) >= 11 is 0. The van der Waals surface area contributed by atoms with E-state index < -0.39 is 5.41 Å². The van der Waals surface area contributed by atoms with Crippen molar-refractivity contribution in [3.8, 4) is 0 Å². The zero-order chi connectivity index (χ0) is 13.1. The van der Waals surface area contributed by atoms with Gasteiger partial charge in [0.05, 0.1) is 12.0 Å². The van der Waals surface area contributed by atoms with Crippen LogP contribution in [0.15, 0.2) is 0 Å². The first kappa shape index (κ1) is 14.0. The van der Waals surface area contributed by atoms with E-state index in [4.69, 9.17) is 5.73 Å². The van der Waals surface area contributed by atoms with Gasteiger partial charge in [0, 0.05) is 19.6 Å². The minimum atomic E-state index is -0.509. The smallest absolute Gasteiger partial charge is 0.241 e. The van der Waals surface area contributed by atoms with E-state index in [1.807, 2.05) is 13.8 Å². The highest BCUT2D eigenvalue weighted by Crippen LogP contribution is 2.36. The fraction of sp³-hybridized carbons (Fsp3) is 0.833. The highest BCUT2D eigenvalue weighted by atomic mass is 16.2. The number of carbonyl (C=O) groups is 2. The van der Waals surface area contributed by atoms with E-state index in [9.17, 15) is 9.59 Å². The Kier molecular flexibility index (Phi) is 4.51. The van der Waals surface area contributed by atoms with E-state index in [2.05, 4.69) is 5.32 Å². The van der Waals surface area contributed by atoms with Crippen LogP contribution in [0.25, 0.3) is 0 Å². The molecule has 2 atom stereocenters. The molecule has 0 aromatic rings. The van der Waals surface area contributed by atoms with Gasteiger partial charge in [0.1, 0.15) is 0 Å². The van der Waals surface area contributed by atoms with Crippen molar-refractivity contribution in [2.45, 2.75) is 39.2 Å². The molecule has 5 nitrogen and oxygen atoms in total. The maximum absolute atomic E-state index is 12.0. The monoisotopic (exact) mass is 241 g/mol. The molecule has 0 bridgehead atoms. The quantitative estimate of drug-likeness (QED) is 0.733. The number of carbonyl (C=O) groups excluding carboxylic acids is 2. The Morgan fingerprint density at radius 3 is 2.65 bits per heavy atom. The lowest BCUT2D eigenvalue weighted by Crippen LogP contribution is -2.49. The minimum absolute atomic E-state index is 0.0610. The summed E-state index contributed by atoms with van der Waals surface area (Å²) in [6.45, 7) is 4.49. The van der Waals surface area contributed by atoms with Gasteiger partial charge in [0.15, 0.2) is 0 Å². The predicted octanol–water partition coefficient (Wildman–Crippen LogP) is 0.0984. The zero-order valence-electron chi connectivity index (χ0n) is 11.0. The third kappa shape index (κ3) is 2.97. The molecule has 0 radical (unpaired) electrons. The molecule has 1 rings (SSSR count). The minimum Gasteiger partial charge on any atom is -0.347 e. The van der Waals surface area contributed by atoms with Crippen LogP contribution in [0.3, 0.4) is 0 Å².